The molecule has 122 valence electrons. The lowest BCUT2D eigenvalue weighted by Crippen LogP contribution is -2.12. The first-order valence-corrected chi connectivity index (χ1v) is 9.01. The van der Waals surface area contributed by atoms with Gasteiger partial charge in [-0.15, -0.1) is 0 Å². The SMILES string of the molecule is CCCCCC/C=C/C1CCC(=O)[C@@H]1C/C=C\CCCC#N. The van der Waals surface area contributed by atoms with Gasteiger partial charge in [-0.2, -0.15) is 5.26 Å². The van der Waals surface area contributed by atoms with Crippen molar-refractivity contribution in [2.45, 2.75) is 77.6 Å². The van der Waals surface area contributed by atoms with E-state index in [1.807, 2.05) is 0 Å². The quantitative estimate of drug-likeness (QED) is 0.360. The van der Waals surface area contributed by atoms with Gasteiger partial charge in [0, 0.05) is 18.8 Å². The maximum absolute atomic E-state index is 12.0. The molecule has 0 radical (unpaired) electrons. The zero-order chi connectivity index (χ0) is 16.0. The van der Waals surface area contributed by atoms with Gasteiger partial charge in [-0.05, 0) is 44.4 Å². The lowest BCUT2D eigenvalue weighted by atomic mass is 9.91. The fourth-order valence-electron chi connectivity index (χ4n) is 3.09. The van der Waals surface area contributed by atoms with Crippen LogP contribution in [-0.2, 0) is 4.79 Å². The molecule has 1 unspecified atom stereocenters. The summed E-state index contributed by atoms with van der Waals surface area (Å²) in [6.07, 6.45) is 20.4. The maximum Gasteiger partial charge on any atom is 0.136 e. The molecule has 2 atom stereocenters. The number of unbranched alkanes of at least 4 members (excludes halogenated alkanes) is 6. The van der Waals surface area contributed by atoms with Gasteiger partial charge in [0.15, 0.2) is 0 Å². The van der Waals surface area contributed by atoms with Crippen LogP contribution in [0.25, 0.3) is 0 Å². The molecule has 0 saturated heterocycles. The number of nitrogens with zero attached hydrogens (tertiary/aromatic N) is 1. The van der Waals surface area contributed by atoms with Crippen molar-refractivity contribution in [1.29, 1.82) is 5.26 Å². The third kappa shape index (κ3) is 7.59. The van der Waals surface area contributed by atoms with Crippen LogP contribution in [-0.4, -0.2) is 5.78 Å². The summed E-state index contributed by atoms with van der Waals surface area (Å²) in [5.74, 6) is 1.07. The fraction of sp³-hybridized carbons (Fsp3) is 0.700. The van der Waals surface area contributed by atoms with Gasteiger partial charge in [0.2, 0.25) is 0 Å². The zero-order valence-corrected chi connectivity index (χ0v) is 14.1. The number of hydrogen-bond acceptors (Lipinski definition) is 2. The highest BCUT2D eigenvalue weighted by Gasteiger charge is 2.31. The van der Waals surface area contributed by atoms with Gasteiger partial charge in [0.1, 0.15) is 5.78 Å². The van der Waals surface area contributed by atoms with Crippen molar-refractivity contribution in [3.63, 3.8) is 0 Å². The van der Waals surface area contributed by atoms with Gasteiger partial charge in [0.05, 0.1) is 6.07 Å². The molecule has 1 fully saturated rings. The van der Waals surface area contributed by atoms with E-state index in [1.165, 1.54) is 25.7 Å². The van der Waals surface area contributed by atoms with Gasteiger partial charge in [-0.1, -0.05) is 50.5 Å². The number of ketones is 1. The molecule has 0 aromatic heterocycles. The Hall–Kier alpha value is -1.36. The molecule has 0 N–H and O–H groups in total. The van der Waals surface area contributed by atoms with E-state index in [0.717, 1.165) is 38.5 Å². The third-order valence-electron chi connectivity index (χ3n) is 4.48. The van der Waals surface area contributed by atoms with Crippen LogP contribution in [0.4, 0.5) is 0 Å². The normalized spacial score (nSPS) is 21.9. The van der Waals surface area contributed by atoms with Crippen molar-refractivity contribution in [2.75, 3.05) is 0 Å². The second kappa shape index (κ2) is 12.2. The Morgan fingerprint density at radius 1 is 1.14 bits per heavy atom. The number of nitriles is 1. The minimum Gasteiger partial charge on any atom is -0.299 e. The third-order valence-corrected chi connectivity index (χ3v) is 4.48. The molecule has 0 aromatic carbocycles. The second-order valence-corrected chi connectivity index (χ2v) is 6.31. The first-order valence-electron chi connectivity index (χ1n) is 9.01. The highest BCUT2D eigenvalue weighted by atomic mass is 16.1. The number of carbonyl (C=O) groups is 1. The topological polar surface area (TPSA) is 40.9 Å². The minimum atomic E-state index is 0.194. The van der Waals surface area contributed by atoms with Crippen LogP contribution in [0.1, 0.15) is 77.6 Å². The van der Waals surface area contributed by atoms with Crippen LogP contribution in [0.15, 0.2) is 24.3 Å². The van der Waals surface area contributed by atoms with Gasteiger partial charge in [-0.25, -0.2) is 0 Å². The van der Waals surface area contributed by atoms with Gasteiger partial charge >= 0.3 is 0 Å². The summed E-state index contributed by atoms with van der Waals surface area (Å²) in [5, 5.41) is 8.49. The summed E-state index contributed by atoms with van der Waals surface area (Å²) in [6.45, 7) is 2.23. The summed E-state index contributed by atoms with van der Waals surface area (Å²) in [6, 6.07) is 2.16. The van der Waals surface area contributed by atoms with Crippen LogP contribution in [0.5, 0.6) is 0 Å². The highest BCUT2D eigenvalue weighted by Crippen LogP contribution is 2.32. The lowest BCUT2D eigenvalue weighted by molar-refractivity contribution is -0.120. The molecule has 1 aliphatic rings. The van der Waals surface area contributed by atoms with Crippen molar-refractivity contribution in [1.82, 2.24) is 0 Å². The van der Waals surface area contributed by atoms with Crippen molar-refractivity contribution in [3.05, 3.63) is 24.3 Å². The molecule has 0 heterocycles. The fourth-order valence-corrected chi connectivity index (χ4v) is 3.09. The van der Waals surface area contributed by atoms with Crippen LogP contribution in [0.2, 0.25) is 0 Å². The average molecular weight is 301 g/mol. The van der Waals surface area contributed by atoms with E-state index in [2.05, 4.69) is 37.3 Å². The van der Waals surface area contributed by atoms with Gasteiger partial charge in [-0.3, -0.25) is 4.79 Å². The van der Waals surface area contributed by atoms with Crippen LogP contribution in [0.3, 0.4) is 0 Å². The number of rotatable bonds is 11. The molecule has 0 aromatic rings. The second-order valence-electron chi connectivity index (χ2n) is 6.31. The standard InChI is InChI=1S/C20H31NO/c1-2-3-4-5-7-10-13-18-15-16-20(22)19(18)14-11-8-6-9-12-17-21/h8,10-11,13,18-19H,2-7,9,12,14-16H2,1H3/b11-8-,13-10+/t18?,19-/m1/s1. The predicted molar refractivity (Wildman–Crippen MR) is 92.3 cm³/mol. The van der Waals surface area contributed by atoms with Crippen LogP contribution < -0.4 is 0 Å². The van der Waals surface area contributed by atoms with E-state index < -0.39 is 0 Å². The van der Waals surface area contributed by atoms with Crippen LogP contribution in [0, 0.1) is 23.2 Å². The molecular weight excluding hydrogens is 270 g/mol. The smallest absolute Gasteiger partial charge is 0.136 e. The first-order chi connectivity index (χ1) is 10.8. The largest absolute Gasteiger partial charge is 0.299 e. The van der Waals surface area contributed by atoms with Crippen molar-refractivity contribution in [3.8, 4) is 6.07 Å². The van der Waals surface area contributed by atoms with E-state index >= 15 is 0 Å². The number of Topliss-reactive ketones (excluding diaryl/α,β-unsaturated/α-hetero) is 1. The minimum absolute atomic E-state index is 0.194. The molecule has 2 nitrogen and oxygen atoms in total. The van der Waals surface area contributed by atoms with Crippen molar-refractivity contribution in [2.24, 2.45) is 11.8 Å². The maximum atomic E-state index is 12.0. The zero-order valence-electron chi connectivity index (χ0n) is 14.1. The first kappa shape index (κ1) is 18.7. The summed E-state index contributed by atoms with van der Waals surface area (Å²) in [4.78, 5) is 12.0. The van der Waals surface area contributed by atoms with Crippen LogP contribution >= 0.6 is 0 Å². The Morgan fingerprint density at radius 2 is 1.95 bits per heavy atom. The van der Waals surface area contributed by atoms with E-state index in [-0.39, 0.29) is 5.92 Å². The van der Waals surface area contributed by atoms with Gasteiger partial charge in [0.25, 0.3) is 0 Å². The Labute approximate surface area is 136 Å². The number of hydrogen-bond donors (Lipinski definition) is 0. The molecule has 0 aliphatic heterocycles. The summed E-state index contributed by atoms with van der Waals surface area (Å²) >= 11 is 0. The average Bonchev–Trinajstić information content (AvgIpc) is 2.87. The molecule has 1 aliphatic carbocycles. The van der Waals surface area contributed by atoms with E-state index in [4.69, 9.17) is 5.26 Å². The Bertz CT molecular complexity index is 402. The monoisotopic (exact) mass is 301 g/mol. The van der Waals surface area contributed by atoms with Crippen molar-refractivity contribution < 1.29 is 4.79 Å². The molecule has 0 bridgehead atoms. The molecular formula is C20H31NO. The van der Waals surface area contributed by atoms with E-state index in [1.54, 1.807) is 0 Å². The molecule has 1 saturated carbocycles. The Morgan fingerprint density at radius 3 is 2.73 bits per heavy atom. The van der Waals surface area contributed by atoms with Gasteiger partial charge < -0.3 is 0 Å². The Kier molecular flexibility index (Phi) is 10.4. The van der Waals surface area contributed by atoms with Crippen molar-refractivity contribution >= 4 is 5.78 Å². The number of carbonyl (C=O) groups excluding carboxylic acids is 1. The predicted octanol–water partition coefficient (Wildman–Crippen LogP) is 5.75. The molecule has 0 amide bonds. The van der Waals surface area contributed by atoms with E-state index in [9.17, 15) is 4.79 Å². The molecule has 1 rings (SSSR count). The molecule has 0 spiro atoms. The van der Waals surface area contributed by atoms with E-state index in [0.29, 0.717) is 18.1 Å². The summed E-state index contributed by atoms with van der Waals surface area (Å²) < 4.78 is 0. The lowest BCUT2D eigenvalue weighted by Gasteiger charge is -2.12. The number of allylic oxidation sites excluding steroid dienone is 4. The molecule has 2 heteroatoms. The molecule has 22 heavy (non-hydrogen) atoms. The summed E-state index contributed by atoms with van der Waals surface area (Å²) in [5.41, 5.74) is 0. The highest BCUT2D eigenvalue weighted by molar-refractivity contribution is 5.83. The summed E-state index contributed by atoms with van der Waals surface area (Å²) in [7, 11) is 0. The Balaban J connectivity index is 2.28.